The molecule has 1 atom stereocenters. The van der Waals surface area contributed by atoms with E-state index in [2.05, 4.69) is 179 Å². The van der Waals surface area contributed by atoms with Crippen molar-refractivity contribution in [2.75, 3.05) is 13.2 Å². The molecule has 0 aromatic rings. The molecule has 0 N–H and O–H groups in total. The first-order valence-electron chi connectivity index (χ1n) is 33.5. The number of esters is 3. The predicted octanol–water partition coefficient (Wildman–Crippen LogP) is 23.3. The number of rotatable bonds is 59. The molecule has 0 bridgehead atoms. The molecule has 0 saturated heterocycles. The summed E-state index contributed by atoms with van der Waals surface area (Å²) in [6.45, 7) is 6.34. The van der Waals surface area contributed by atoms with Crippen molar-refractivity contribution >= 4 is 17.9 Å². The molecule has 0 saturated carbocycles. The van der Waals surface area contributed by atoms with Crippen LogP contribution < -0.4 is 0 Å². The predicted molar refractivity (Wildman–Crippen MR) is 357 cm³/mol. The number of hydrogen-bond acceptors (Lipinski definition) is 6. The van der Waals surface area contributed by atoms with Crippen LogP contribution in [0.25, 0.3) is 0 Å². The number of allylic oxidation sites excluding steroid dienone is 26. The van der Waals surface area contributed by atoms with Crippen LogP contribution in [-0.4, -0.2) is 37.2 Å². The second-order valence-electron chi connectivity index (χ2n) is 21.6. The van der Waals surface area contributed by atoms with Gasteiger partial charge in [-0.25, -0.2) is 0 Å². The first-order chi connectivity index (χ1) is 40.5. The summed E-state index contributed by atoms with van der Waals surface area (Å²) in [5, 5.41) is 0. The van der Waals surface area contributed by atoms with Crippen LogP contribution in [0.5, 0.6) is 0 Å². The third-order valence-electron chi connectivity index (χ3n) is 13.8. The average molecular weight is 1130 g/mol. The minimum Gasteiger partial charge on any atom is -0.462 e. The first-order valence-corrected chi connectivity index (χ1v) is 33.5. The summed E-state index contributed by atoms with van der Waals surface area (Å²) >= 11 is 0. The number of ether oxygens (including phenoxy) is 3. The van der Waals surface area contributed by atoms with Crippen molar-refractivity contribution in [1.29, 1.82) is 0 Å². The van der Waals surface area contributed by atoms with Gasteiger partial charge in [0.05, 0.1) is 0 Å². The lowest BCUT2D eigenvalue weighted by atomic mass is 10.0. The zero-order chi connectivity index (χ0) is 59.2. The number of carbonyl (C=O) groups is 3. The zero-order valence-electron chi connectivity index (χ0n) is 52.9. The fourth-order valence-corrected chi connectivity index (χ4v) is 8.85. The Kier molecular flexibility index (Phi) is 64.4. The van der Waals surface area contributed by atoms with E-state index in [0.717, 1.165) is 128 Å². The highest BCUT2D eigenvalue weighted by molar-refractivity contribution is 5.71. The van der Waals surface area contributed by atoms with E-state index in [1.54, 1.807) is 0 Å². The van der Waals surface area contributed by atoms with Crippen molar-refractivity contribution in [2.45, 2.75) is 290 Å². The molecule has 0 aliphatic rings. The molecule has 0 aliphatic carbocycles. The fraction of sp³-hybridized carbons (Fsp3) is 0.618. The van der Waals surface area contributed by atoms with Gasteiger partial charge in [-0.1, -0.05) is 301 Å². The topological polar surface area (TPSA) is 78.9 Å². The maximum Gasteiger partial charge on any atom is 0.306 e. The molecule has 0 heterocycles. The van der Waals surface area contributed by atoms with Gasteiger partial charge in [0.1, 0.15) is 13.2 Å². The van der Waals surface area contributed by atoms with Gasteiger partial charge in [0.25, 0.3) is 0 Å². The van der Waals surface area contributed by atoms with Crippen LogP contribution in [0.4, 0.5) is 0 Å². The van der Waals surface area contributed by atoms with E-state index in [-0.39, 0.29) is 37.5 Å². The standard InChI is InChI=1S/C76H122O6/c1-4-7-10-13-16-19-21-23-25-27-29-31-33-34-35-36-37-38-39-40-41-42-44-45-47-49-51-53-55-57-60-63-66-69-75(78)81-72-73(71-80-74(77)68-65-62-59-18-15-12-9-6-3)82-76(79)70-67-64-61-58-56-54-52-50-48-46-43-32-30-28-26-24-22-20-17-14-11-8-5-2/h7-8,10-11,16-17,19-20,23-26,29-32,34-35,37-38,46,48,52,54,58,61,73H,4-6,9,12-15,18,21-22,27-28,33,36,39-45,47,49-51,53,55-57,59-60,62-72H2,1-3H3/b10-7-,11-8-,19-16-,20-17-,25-23-,26-24-,31-29-,32-30-,35-34-,38-37-,48-46-,54-52-,61-58-. The lowest BCUT2D eigenvalue weighted by Gasteiger charge is -2.18. The van der Waals surface area contributed by atoms with Crippen LogP contribution in [0.15, 0.2) is 158 Å². The van der Waals surface area contributed by atoms with Gasteiger partial charge in [0.2, 0.25) is 0 Å². The molecule has 6 nitrogen and oxygen atoms in total. The van der Waals surface area contributed by atoms with Gasteiger partial charge in [0.15, 0.2) is 6.10 Å². The molecule has 0 rings (SSSR count). The maximum absolute atomic E-state index is 12.9. The molecular formula is C76H122O6. The van der Waals surface area contributed by atoms with E-state index >= 15 is 0 Å². The van der Waals surface area contributed by atoms with Crippen LogP contribution in [0, 0.1) is 0 Å². The van der Waals surface area contributed by atoms with Crippen LogP contribution >= 0.6 is 0 Å². The Bertz CT molecular complexity index is 1830. The van der Waals surface area contributed by atoms with Gasteiger partial charge in [-0.3, -0.25) is 14.4 Å². The van der Waals surface area contributed by atoms with Crippen LogP contribution in [0.2, 0.25) is 0 Å². The molecule has 82 heavy (non-hydrogen) atoms. The summed E-state index contributed by atoms with van der Waals surface area (Å²) in [6.07, 6.45) is 100.0. The van der Waals surface area contributed by atoms with E-state index in [0.29, 0.717) is 19.3 Å². The molecule has 0 fully saturated rings. The van der Waals surface area contributed by atoms with E-state index in [9.17, 15) is 14.4 Å². The van der Waals surface area contributed by atoms with Crippen LogP contribution in [0.3, 0.4) is 0 Å². The van der Waals surface area contributed by atoms with Gasteiger partial charge >= 0.3 is 17.9 Å². The van der Waals surface area contributed by atoms with Crippen molar-refractivity contribution in [3.63, 3.8) is 0 Å². The van der Waals surface area contributed by atoms with E-state index in [1.165, 1.54) is 109 Å². The van der Waals surface area contributed by atoms with Crippen molar-refractivity contribution in [3.8, 4) is 0 Å². The molecule has 1 unspecified atom stereocenters. The van der Waals surface area contributed by atoms with Crippen molar-refractivity contribution in [3.05, 3.63) is 158 Å². The number of hydrogen-bond donors (Lipinski definition) is 0. The van der Waals surface area contributed by atoms with Crippen molar-refractivity contribution in [1.82, 2.24) is 0 Å². The Balaban J connectivity index is 4.22. The quantitative estimate of drug-likeness (QED) is 0.0261. The molecule has 462 valence electrons. The summed E-state index contributed by atoms with van der Waals surface area (Å²) in [7, 11) is 0. The second-order valence-corrected chi connectivity index (χ2v) is 21.6. The average Bonchev–Trinajstić information content (AvgIpc) is 3.47. The third-order valence-corrected chi connectivity index (χ3v) is 13.8. The number of unbranched alkanes of at least 4 members (excludes halogenated alkanes) is 22. The normalized spacial score (nSPS) is 13.2. The highest BCUT2D eigenvalue weighted by atomic mass is 16.6. The highest BCUT2D eigenvalue weighted by Crippen LogP contribution is 2.16. The minimum atomic E-state index is -0.813. The Labute approximate surface area is 505 Å². The summed E-state index contributed by atoms with van der Waals surface area (Å²) in [5.74, 6) is -0.970. The van der Waals surface area contributed by atoms with Gasteiger partial charge in [-0.15, -0.1) is 0 Å². The molecule has 0 aromatic carbocycles. The van der Waals surface area contributed by atoms with Crippen molar-refractivity contribution in [2.24, 2.45) is 0 Å². The Morgan fingerprint density at radius 3 is 0.780 bits per heavy atom. The SMILES string of the molecule is CC/C=C\C/C=C\C/C=C\C/C=C\C/C=C\C/C=C\C/C=C\CCCC(=O)OC(COC(=O)CCCCCCCCCC)COC(=O)CCCCCCCCCCCCCCCC/C=C\C/C=C\C/C=C\C/C=C\C/C=C\C/C=C\CC. The third kappa shape index (κ3) is 65.8. The van der Waals surface area contributed by atoms with E-state index in [4.69, 9.17) is 14.2 Å². The summed E-state index contributed by atoms with van der Waals surface area (Å²) in [5.41, 5.74) is 0. The maximum atomic E-state index is 12.9. The van der Waals surface area contributed by atoms with Gasteiger partial charge in [0, 0.05) is 19.3 Å². The first kappa shape index (κ1) is 77.0. The Morgan fingerprint density at radius 2 is 0.488 bits per heavy atom. The molecular weight excluding hydrogens is 1010 g/mol. The van der Waals surface area contributed by atoms with E-state index < -0.39 is 6.10 Å². The van der Waals surface area contributed by atoms with Gasteiger partial charge in [-0.2, -0.15) is 0 Å². The molecule has 0 aliphatic heterocycles. The molecule has 0 amide bonds. The lowest BCUT2D eigenvalue weighted by molar-refractivity contribution is -0.167. The van der Waals surface area contributed by atoms with Gasteiger partial charge in [-0.05, 0) is 122 Å². The minimum absolute atomic E-state index is 0.104. The largest absolute Gasteiger partial charge is 0.462 e. The lowest BCUT2D eigenvalue weighted by Crippen LogP contribution is -2.30. The van der Waals surface area contributed by atoms with Crippen molar-refractivity contribution < 1.29 is 28.6 Å². The molecule has 0 aromatic heterocycles. The van der Waals surface area contributed by atoms with E-state index in [1.807, 2.05) is 0 Å². The Hall–Kier alpha value is -4.97. The second kappa shape index (κ2) is 68.5. The Morgan fingerprint density at radius 1 is 0.256 bits per heavy atom. The molecule has 0 radical (unpaired) electrons. The molecule has 0 spiro atoms. The summed E-state index contributed by atoms with van der Waals surface area (Å²) < 4.78 is 16.8. The van der Waals surface area contributed by atoms with Crippen LogP contribution in [-0.2, 0) is 28.6 Å². The summed E-state index contributed by atoms with van der Waals surface area (Å²) in [6, 6.07) is 0. The summed E-state index contributed by atoms with van der Waals surface area (Å²) in [4.78, 5) is 38.2. The van der Waals surface area contributed by atoms with Crippen LogP contribution in [0.1, 0.15) is 284 Å². The zero-order valence-corrected chi connectivity index (χ0v) is 52.9. The fourth-order valence-electron chi connectivity index (χ4n) is 8.85. The number of carbonyl (C=O) groups excluding carboxylic acids is 3. The van der Waals surface area contributed by atoms with Gasteiger partial charge < -0.3 is 14.2 Å². The smallest absolute Gasteiger partial charge is 0.306 e. The highest BCUT2D eigenvalue weighted by Gasteiger charge is 2.19. The molecule has 6 heteroatoms. The monoisotopic (exact) mass is 1130 g/mol.